The Kier molecular flexibility index (Phi) is 5.82. The predicted molar refractivity (Wildman–Crippen MR) is 91.3 cm³/mol. The van der Waals surface area contributed by atoms with Gasteiger partial charge in [0.25, 0.3) is 5.91 Å². The van der Waals surface area contributed by atoms with E-state index in [1.807, 2.05) is 18.2 Å². The summed E-state index contributed by atoms with van der Waals surface area (Å²) >= 11 is 6.03. The number of methoxy groups -OCH3 is 1. The SMILES string of the molecule is COC(=O)C(C)(COc1ccccc1)NC(=O)c1ccccc1Cl. The lowest BCUT2D eigenvalue weighted by atomic mass is 10.0. The minimum Gasteiger partial charge on any atom is -0.491 e. The van der Waals surface area contributed by atoms with Crippen molar-refractivity contribution in [2.45, 2.75) is 12.5 Å². The first-order valence-electron chi connectivity index (χ1n) is 7.29. The van der Waals surface area contributed by atoms with Gasteiger partial charge in [0.05, 0.1) is 17.7 Å². The first kappa shape index (κ1) is 17.8. The van der Waals surface area contributed by atoms with Crippen LogP contribution in [0.2, 0.25) is 5.02 Å². The smallest absolute Gasteiger partial charge is 0.334 e. The Hall–Kier alpha value is -2.53. The zero-order valence-electron chi connectivity index (χ0n) is 13.4. The number of amides is 1. The average molecular weight is 348 g/mol. The number of carbonyl (C=O) groups excluding carboxylic acids is 2. The third kappa shape index (κ3) is 4.26. The maximum Gasteiger partial charge on any atom is 0.334 e. The Morgan fingerprint density at radius 2 is 1.71 bits per heavy atom. The van der Waals surface area contributed by atoms with Gasteiger partial charge in [0.2, 0.25) is 0 Å². The molecule has 126 valence electrons. The van der Waals surface area contributed by atoms with Crippen LogP contribution in [0, 0.1) is 0 Å². The largest absolute Gasteiger partial charge is 0.491 e. The number of esters is 1. The van der Waals surface area contributed by atoms with Crippen molar-refractivity contribution in [3.05, 3.63) is 65.2 Å². The average Bonchev–Trinajstić information content (AvgIpc) is 2.60. The summed E-state index contributed by atoms with van der Waals surface area (Å²) in [7, 11) is 1.25. The van der Waals surface area contributed by atoms with Crippen molar-refractivity contribution in [1.82, 2.24) is 5.32 Å². The van der Waals surface area contributed by atoms with Gasteiger partial charge < -0.3 is 14.8 Å². The van der Waals surface area contributed by atoms with Gasteiger partial charge in [0.15, 0.2) is 5.54 Å². The van der Waals surface area contributed by atoms with Gasteiger partial charge in [0.1, 0.15) is 12.4 Å². The molecule has 0 aromatic heterocycles. The van der Waals surface area contributed by atoms with E-state index in [2.05, 4.69) is 5.32 Å². The molecule has 2 aromatic carbocycles. The standard InChI is InChI=1S/C18H18ClNO4/c1-18(17(22)23-2,12-24-13-8-4-3-5-9-13)20-16(21)14-10-6-7-11-15(14)19/h3-11H,12H2,1-2H3,(H,20,21). The number of halogens is 1. The zero-order chi connectivity index (χ0) is 17.6. The lowest BCUT2D eigenvalue weighted by molar-refractivity contribution is -0.148. The van der Waals surface area contributed by atoms with Crippen molar-refractivity contribution in [2.75, 3.05) is 13.7 Å². The minimum absolute atomic E-state index is 0.0835. The van der Waals surface area contributed by atoms with E-state index < -0.39 is 17.4 Å². The maximum absolute atomic E-state index is 12.5. The second-order valence-electron chi connectivity index (χ2n) is 5.36. The van der Waals surface area contributed by atoms with Crippen LogP contribution in [0.15, 0.2) is 54.6 Å². The lowest BCUT2D eigenvalue weighted by Gasteiger charge is -2.28. The number of rotatable bonds is 6. The van der Waals surface area contributed by atoms with Crippen LogP contribution in [0.1, 0.15) is 17.3 Å². The molecular weight excluding hydrogens is 330 g/mol. The van der Waals surface area contributed by atoms with Gasteiger partial charge in [-0.25, -0.2) is 4.79 Å². The summed E-state index contributed by atoms with van der Waals surface area (Å²) in [6.45, 7) is 1.45. The molecule has 0 heterocycles. The molecule has 1 amide bonds. The molecule has 0 fully saturated rings. The van der Waals surface area contributed by atoms with Crippen LogP contribution in [-0.4, -0.2) is 31.1 Å². The molecule has 0 radical (unpaired) electrons. The lowest BCUT2D eigenvalue weighted by Crippen LogP contribution is -2.56. The highest BCUT2D eigenvalue weighted by Gasteiger charge is 2.38. The number of hydrogen-bond acceptors (Lipinski definition) is 4. The van der Waals surface area contributed by atoms with Gasteiger partial charge in [-0.2, -0.15) is 0 Å². The highest BCUT2D eigenvalue weighted by Crippen LogP contribution is 2.18. The summed E-state index contributed by atoms with van der Waals surface area (Å²) in [5.41, 5.74) is -1.09. The molecule has 0 saturated heterocycles. The van der Waals surface area contributed by atoms with Gasteiger partial charge >= 0.3 is 5.97 Å². The fraction of sp³-hybridized carbons (Fsp3) is 0.222. The number of para-hydroxylation sites is 1. The van der Waals surface area contributed by atoms with Crippen molar-refractivity contribution in [2.24, 2.45) is 0 Å². The molecule has 0 aliphatic rings. The van der Waals surface area contributed by atoms with E-state index in [9.17, 15) is 9.59 Å². The van der Waals surface area contributed by atoms with Gasteiger partial charge in [-0.15, -0.1) is 0 Å². The molecule has 0 aliphatic carbocycles. The number of carbonyl (C=O) groups is 2. The van der Waals surface area contributed by atoms with Gasteiger partial charge in [-0.1, -0.05) is 41.9 Å². The summed E-state index contributed by atoms with van der Waals surface area (Å²) in [6.07, 6.45) is 0. The van der Waals surface area contributed by atoms with Gasteiger partial charge in [0, 0.05) is 0 Å². The van der Waals surface area contributed by atoms with E-state index in [1.54, 1.807) is 36.4 Å². The molecule has 0 saturated carbocycles. The van der Waals surface area contributed by atoms with Crippen molar-refractivity contribution >= 4 is 23.5 Å². The molecule has 5 nitrogen and oxygen atoms in total. The van der Waals surface area contributed by atoms with Crippen molar-refractivity contribution in [3.8, 4) is 5.75 Å². The van der Waals surface area contributed by atoms with Crippen LogP contribution in [-0.2, 0) is 9.53 Å². The predicted octanol–water partition coefficient (Wildman–Crippen LogP) is 3.08. The number of nitrogens with one attached hydrogen (secondary N) is 1. The third-order valence-electron chi connectivity index (χ3n) is 3.41. The van der Waals surface area contributed by atoms with Crippen LogP contribution in [0.4, 0.5) is 0 Å². The number of hydrogen-bond donors (Lipinski definition) is 1. The molecule has 2 rings (SSSR count). The Balaban J connectivity index is 2.16. The summed E-state index contributed by atoms with van der Waals surface area (Å²) in [4.78, 5) is 24.6. The molecule has 1 atom stereocenters. The molecular formula is C18H18ClNO4. The fourth-order valence-electron chi connectivity index (χ4n) is 2.08. The quantitative estimate of drug-likeness (QED) is 0.816. The van der Waals surface area contributed by atoms with Crippen molar-refractivity contribution < 1.29 is 19.1 Å². The van der Waals surface area contributed by atoms with E-state index in [-0.39, 0.29) is 12.2 Å². The molecule has 24 heavy (non-hydrogen) atoms. The molecule has 0 spiro atoms. The zero-order valence-corrected chi connectivity index (χ0v) is 14.2. The molecule has 2 aromatic rings. The topological polar surface area (TPSA) is 64.6 Å². The van der Waals surface area contributed by atoms with Crippen LogP contribution < -0.4 is 10.1 Å². The van der Waals surface area contributed by atoms with E-state index in [0.717, 1.165) is 0 Å². The Bertz CT molecular complexity index is 720. The summed E-state index contributed by atoms with van der Waals surface area (Å²) in [5, 5.41) is 2.95. The Morgan fingerprint density at radius 1 is 1.08 bits per heavy atom. The Morgan fingerprint density at radius 3 is 2.33 bits per heavy atom. The monoisotopic (exact) mass is 347 g/mol. The van der Waals surface area contributed by atoms with E-state index in [1.165, 1.54) is 14.0 Å². The number of ether oxygens (including phenoxy) is 2. The first-order valence-corrected chi connectivity index (χ1v) is 7.67. The van der Waals surface area contributed by atoms with Gasteiger partial charge in [-0.3, -0.25) is 4.79 Å². The second kappa shape index (κ2) is 7.84. The third-order valence-corrected chi connectivity index (χ3v) is 3.74. The number of benzene rings is 2. The molecule has 6 heteroatoms. The molecule has 1 N–H and O–H groups in total. The van der Waals surface area contributed by atoms with E-state index >= 15 is 0 Å². The van der Waals surface area contributed by atoms with Crippen LogP contribution in [0.3, 0.4) is 0 Å². The maximum atomic E-state index is 12.5. The summed E-state index contributed by atoms with van der Waals surface area (Å²) in [6, 6.07) is 15.6. The normalized spacial score (nSPS) is 12.8. The van der Waals surface area contributed by atoms with Crippen LogP contribution in [0.5, 0.6) is 5.75 Å². The van der Waals surface area contributed by atoms with Crippen molar-refractivity contribution in [1.29, 1.82) is 0 Å². The molecule has 0 aliphatic heterocycles. The second-order valence-corrected chi connectivity index (χ2v) is 5.77. The minimum atomic E-state index is -1.36. The van der Waals surface area contributed by atoms with Crippen molar-refractivity contribution in [3.63, 3.8) is 0 Å². The van der Waals surface area contributed by atoms with Gasteiger partial charge in [-0.05, 0) is 31.2 Å². The van der Waals surface area contributed by atoms with Crippen LogP contribution in [0.25, 0.3) is 0 Å². The highest BCUT2D eigenvalue weighted by molar-refractivity contribution is 6.33. The molecule has 0 bridgehead atoms. The Labute approximate surface area is 145 Å². The van der Waals surface area contributed by atoms with Crippen LogP contribution >= 0.6 is 11.6 Å². The van der Waals surface area contributed by atoms with E-state index in [0.29, 0.717) is 10.8 Å². The molecule has 1 unspecified atom stereocenters. The summed E-state index contributed by atoms with van der Waals surface area (Å²) < 4.78 is 10.4. The first-order chi connectivity index (χ1) is 11.5. The summed E-state index contributed by atoms with van der Waals surface area (Å²) in [5.74, 6) is -0.511. The highest BCUT2D eigenvalue weighted by atomic mass is 35.5. The van der Waals surface area contributed by atoms with E-state index in [4.69, 9.17) is 21.1 Å². The fourth-order valence-corrected chi connectivity index (χ4v) is 2.30.